The van der Waals surface area contributed by atoms with Gasteiger partial charge in [-0.1, -0.05) is 24.3 Å². The first-order valence-corrected chi connectivity index (χ1v) is 9.11. The molecule has 2 amide bonds. The summed E-state index contributed by atoms with van der Waals surface area (Å²) < 4.78 is 5.16. The fourth-order valence-corrected chi connectivity index (χ4v) is 3.07. The summed E-state index contributed by atoms with van der Waals surface area (Å²) in [6, 6.07) is 14.3. The van der Waals surface area contributed by atoms with E-state index >= 15 is 0 Å². The van der Waals surface area contributed by atoms with Crippen molar-refractivity contribution in [2.75, 3.05) is 7.11 Å². The van der Waals surface area contributed by atoms with Crippen LogP contribution in [0.15, 0.2) is 48.5 Å². The van der Waals surface area contributed by atoms with Gasteiger partial charge in [0.1, 0.15) is 11.6 Å². The summed E-state index contributed by atoms with van der Waals surface area (Å²) >= 11 is 0. The number of rotatable bonds is 7. The van der Waals surface area contributed by atoms with Crippen molar-refractivity contribution < 1.29 is 14.3 Å². The highest BCUT2D eigenvalue weighted by atomic mass is 16.5. The van der Waals surface area contributed by atoms with Crippen LogP contribution in [0.25, 0.3) is 11.0 Å². The van der Waals surface area contributed by atoms with Crippen molar-refractivity contribution in [3.05, 3.63) is 59.9 Å². The van der Waals surface area contributed by atoms with Crippen molar-refractivity contribution >= 4 is 22.8 Å². The first-order valence-electron chi connectivity index (χ1n) is 9.11. The maximum atomic E-state index is 12.6. The molecule has 28 heavy (non-hydrogen) atoms. The Hall–Kier alpha value is -3.35. The van der Waals surface area contributed by atoms with Gasteiger partial charge in [-0.15, -0.1) is 0 Å². The molecule has 0 fully saturated rings. The monoisotopic (exact) mass is 380 g/mol. The molecule has 3 N–H and O–H groups in total. The van der Waals surface area contributed by atoms with Crippen LogP contribution in [-0.2, 0) is 9.59 Å². The van der Waals surface area contributed by atoms with Crippen molar-refractivity contribution in [3.63, 3.8) is 0 Å². The van der Waals surface area contributed by atoms with Gasteiger partial charge in [-0.3, -0.25) is 9.59 Å². The average Bonchev–Trinajstić information content (AvgIpc) is 3.11. The molecule has 146 valence electrons. The van der Waals surface area contributed by atoms with Gasteiger partial charge in [-0.25, -0.2) is 4.98 Å². The standard InChI is InChI=1S/C21H24N4O3/c1-13(21-24-17-6-4-5-7-18(17)25-21)22-20(27)12-19(23-14(2)26)15-8-10-16(28-3)11-9-15/h4-11,13,19H,12H2,1-3H3,(H,22,27)(H,23,26)(H,24,25)/t13-,19-/m0/s1. The number of carbonyl (C=O) groups is 2. The minimum absolute atomic E-state index is 0.122. The van der Waals surface area contributed by atoms with E-state index in [1.165, 1.54) is 6.92 Å². The fraction of sp³-hybridized carbons (Fsp3) is 0.286. The molecule has 0 aliphatic rings. The van der Waals surface area contributed by atoms with Gasteiger partial charge in [0, 0.05) is 6.92 Å². The van der Waals surface area contributed by atoms with Gasteiger partial charge < -0.3 is 20.4 Å². The van der Waals surface area contributed by atoms with Crippen LogP contribution in [0.4, 0.5) is 0 Å². The lowest BCUT2D eigenvalue weighted by Gasteiger charge is -2.20. The van der Waals surface area contributed by atoms with E-state index in [1.54, 1.807) is 19.2 Å². The van der Waals surface area contributed by atoms with Crippen molar-refractivity contribution in [1.29, 1.82) is 0 Å². The van der Waals surface area contributed by atoms with E-state index in [1.807, 2.05) is 43.3 Å². The fourth-order valence-electron chi connectivity index (χ4n) is 3.07. The lowest BCUT2D eigenvalue weighted by Crippen LogP contribution is -2.34. The summed E-state index contributed by atoms with van der Waals surface area (Å²) in [6.07, 6.45) is 0.122. The molecule has 0 unspecified atom stereocenters. The molecule has 1 heterocycles. The van der Waals surface area contributed by atoms with Crippen molar-refractivity contribution in [3.8, 4) is 5.75 Å². The zero-order valence-electron chi connectivity index (χ0n) is 16.2. The molecule has 0 aliphatic heterocycles. The van der Waals surface area contributed by atoms with E-state index in [4.69, 9.17) is 4.74 Å². The molecule has 7 heteroatoms. The lowest BCUT2D eigenvalue weighted by molar-refractivity contribution is -0.123. The number of carbonyl (C=O) groups excluding carboxylic acids is 2. The first-order chi connectivity index (χ1) is 13.5. The molecular weight excluding hydrogens is 356 g/mol. The zero-order valence-corrected chi connectivity index (χ0v) is 16.2. The summed E-state index contributed by atoms with van der Waals surface area (Å²) in [5, 5.41) is 5.78. The van der Waals surface area contributed by atoms with E-state index in [-0.39, 0.29) is 24.3 Å². The minimum atomic E-state index is -0.425. The molecule has 0 saturated heterocycles. The van der Waals surface area contributed by atoms with Gasteiger partial charge in [-0.05, 0) is 36.8 Å². The van der Waals surface area contributed by atoms with E-state index < -0.39 is 6.04 Å². The highest BCUT2D eigenvalue weighted by Gasteiger charge is 2.20. The number of ether oxygens (including phenoxy) is 1. The molecule has 3 rings (SSSR count). The second-order valence-corrected chi connectivity index (χ2v) is 6.66. The Balaban J connectivity index is 1.69. The highest BCUT2D eigenvalue weighted by molar-refractivity contribution is 5.80. The summed E-state index contributed by atoms with van der Waals surface area (Å²) in [7, 11) is 1.59. The summed E-state index contributed by atoms with van der Waals surface area (Å²) in [5.74, 6) is 1.03. The molecule has 7 nitrogen and oxygen atoms in total. The SMILES string of the molecule is COc1ccc([C@H](CC(=O)N[C@@H](C)c2nc3ccccc3[nH]2)NC(C)=O)cc1. The van der Waals surface area contributed by atoms with Gasteiger partial charge in [0.15, 0.2) is 0 Å². The maximum Gasteiger partial charge on any atom is 0.222 e. The zero-order chi connectivity index (χ0) is 20.1. The molecule has 1 aromatic heterocycles. The third-order valence-electron chi connectivity index (χ3n) is 4.48. The molecule has 3 aromatic rings. The number of imidazole rings is 1. The van der Waals surface area contributed by atoms with Gasteiger partial charge in [0.25, 0.3) is 0 Å². The number of benzene rings is 2. The van der Waals surface area contributed by atoms with Crippen molar-refractivity contribution in [1.82, 2.24) is 20.6 Å². The average molecular weight is 380 g/mol. The quantitative estimate of drug-likeness (QED) is 0.587. The van der Waals surface area contributed by atoms with E-state index in [9.17, 15) is 9.59 Å². The minimum Gasteiger partial charge on any atom is -0.497 e. The predicted octanol–water partition coefficient (Wildman–Crippen LogP) is 3.02. The Morgan fingerprint density at radius 1 is 1.11 bits per heavy atom. The molecule has 0 aliphatic carbocycles. The number of fused-ring (bicyclic) bond motifs is 1. The molecule has 0 saturated carbocycles. The number of methoxy groups -OCH3 is 1. The number of hydrogen-bond donors (Lipinski definition) is 3. The van der Waals surface area contributed by atoms with Crippen LogP contribution in [0.5, 0.6) is 5.75 Å². The van der Waals surface area contributed by atoms with Crippen LogP contribution < -0.4 is 15.4 Å². The normalized spacial score (nSPS) is 13.0. The smallest absolute Gasteiger partial charge is 0.222 e. The van der Waals surface area contributed by atoms with Gasteiger partial charge in [-0.2, -0.15) is 0 Å². The van der Waals surface area contributed by atoms with Crippen molar-refractivity contribution in [2.45, 2.75) is 32.4 Å². The Labute approximate surface area is 163 Å². The molecule has 0 radical (unpaired) electrons. The Morgan fingerprint density at radius 3 is 2.46 bits per heavy atom. The summed E-state index contributed by atoms with van der Waals surface area (Å²) in [4.78, 5) is 31.9. The topological polar surface area (TPSA) is 96.1 Å². The Kier molecular flexibility index (Phi) is 5.93. The molecule has 2 aromatic carbocycles. The third-order valence-corrected chi connectivity index (χ3v) is 4.48. The van der Waals surface area contributed by atoms with Gasteiger partial charge >= 0.3 is 0 Å². The summed E-state index contributed by atoms with van der Waals surface area (Å²) in [6.45, 7) is 3.31. The first kappa shape index (κ1) is 19.4. The van der Waals surface area contributed by atoms with Crippen LogP contribution in [0.1, 0.15) is 43.7 Å². The van der Waals surface area contributed by atoms with Crippen LogP contribution in [0, 0.1) is 0 Å². The Bertz CT molecular complexity index is 932. The highest BCUT2D eigenvalue weighted by Crippen LogP contribution is 2.21. The Morgan fingerprint density at radius 2 is 1.82 bits per heavy atom. The number of hydrogen-bond acceptors (Lipinski definition) is 4. The van der Waals surface area contributed by atoms with Gasteiger partial charge in [0.05, 0.1) is 36.6 Å². The molecule has 0 spiro atoms. The number of nitrogens with zero attached hydrogens (tertiary/aromatic N) is 1. The van der Waals surface area contributed by atoms with E-state index in [0.717, 1.165) is 16.6 Å². The second kappa shape index (κ2) is 8.56. The maximum absolute atomic E-state index is 12.6. The van der Waals surface area contributed by atoms with Crippen LogP contribution in [0.3, 0.4) is 0 Å². The number of para-hydroxylation sites is 2. The van der Waals surface area contributed by atoms with Gasteiger partial charge in [0.2, 0.25) is 11.8 Å². The van der Waals surface area contributed by atoms with E-state index in [2.05, 4.69) is 20.6 Å². The summed E-state index contributed by atoms with van der Waals surface area (Å²) in [5.41, 5.74) is 2.61. The largest absolute Gasteiger partial charge is 0.497 e. The number of nitrogens with one attached hydrogen (secondary N) is 3. The number of aromatic nitrogens is 2. The van der Waals surface area contributed by atoms with Crippen LogP contribution >= 0.6 is 0 Å². The second-order valence-electron chi connectivity index (χ2n) is 6.66. The van der Waals surface area contributed by atoms with Crippen LogP contribution in [0.2, 0.25) is 0 Å². The third kappa shape index (κ3) is 4.68. The number of aromatic amines is 1. The van der Waals surface area contributed by atoms with E-state index in [0.29, 0.717) is 11.6 Å². The molecular formula is C21H24N4O3. The molecule has 2 atom stereocenters. The lowest BCUT2D eigenvalue weighted by atomic mass is 10.0. The number of H-pyrrole nitrogens is 1. The molecule has 0 bridgehead atoms. The van der Waals surface area contributed by atoms with Crippen molar-refractivity contribution in [2.24, 2.45) is 0 Å². The predicted molar refractivity (Wildman–Crippen MR) is 107 cm³/mol. The van der Waals surface area contributed by atoms with Crippen LogP contribution in [-0.4, -0.2) is 28.9 Å². The number of amides is 2.